The number of aromatic nitrogens is 2. The molecule has 4 aromatic carbocycles. The van der Waals surface area contributed by atoms with Gasteiger partial charge in [0.05, 0.1) is 0 Å². The maximum atomic E-state index is 10.8. The molecule has 6 nitrogen and oxygen atoms in total. The van der Waals surface area contributed by atoms with Gasteiger partial charge in [-0.2, -0.15) is 0 Å². The van der Waals surface area contributed by atoms with Crippen molar-refractivity contribution in [1.82, 2.24) is 9.97 Å². The van der Waals surface area contributed by atoms with Gasteiger partial charge in [0.15, 0.2) is 6.29 Å². The van der Waals surface area contributed by atoms with Gasteiger partial charge in [0.25, 0.3) is 0 Å². The zero-order valence-electron chi connectivity index (χ0n) is 23.5. The molecule has 206 valence electrons. The molecule has 0 saturated carbocycles. The van der Waals surface area contributed by atoms with Crippen molar-refractivity contribution in [2.45, 2.75) is 27.7 Å². The first kappa shape index (κ1) is 28.8. The largest absolute Gasteiger partial charge is 0.507 e. The van der Waals surface area contributed by atoms with Gasteiger partial charge < -0.3 is 15.3 Å². The van der Waals surface area contributed by atoms with E-state index < -0.39 is 0 Å². The molecule has 0 aliphatic carbocycles. The van der Waals surface area contributed by atoms with Crippen LogP contribution in [0.15, 0.2) is 97.1 Å². The van der Waals surface area contributed by atoms with E-state index in [2.05, 4.69) is 9.97 Å². The van der Waals surface area contributed by atoms with E-state index in [1.54, 1.807) is 30.3 Å². The number of hydrogen-bond acceptors (Lipinski definition) is 6. The van der Waals surface area contributed by atoms with Gasteiger partial charge in [-0.3, -0.25) is 4.79 Å². The lowest BCUT2D eigenvalue weighted by atomic mass is 9.99. The Labute approximate surface area is 239 Å². The molecule has 41 heavy (non-hydrogen) atoms. The number of rotatable bonds is 2. The van der Waals surface area contributed by atoms with Crippen molar-refractivity contribution in [3.63, 3.8) is 0 Å². The van der Waals surface area contributed by atoms with Crippen LogP contribution in [0.25, 0.3) is 32.9 Å². The first-order valence-electron chi connectivity index (χ1n) is 13.1. The average molecular weight is 545 g/mol. The number of aryl methyl sites for hydroxylation is 4. The van der Waals surface area contributed by atoms with Crippen LogP contribution < -0.4 is 0 Å². The summed E-state index contributed by atoms with van der Waals surface area (Å²) in [6.45, 7) is 7.91. The predicted octanol–water partition coefficient (Wildman–Crippen LogP) is 7.99. The zero-order valence-corrected chi connectivity index (χ0v) is 23.5. The molecule has 6 heteroatoms. The Kier molecular flexibility index (Phi) is 8.95. The van der Waals surface area contributed by atoms with Gasteiger partial charge in [-0.15, -0.1) is 0 Å². The average Bonchev–Trinajstić information content (AvgIpc) is 2.95. The summed E-state index contributed by atoms with van der Waals surface area (Å²) in [5, 5.41) is 30.9. The minimum absolute atomic E-state index is 0.130. The molecule has 0 spiro atoms. The van der Waals surface area contributed by atoms with Crippen molar-refractivity contribution in [3.05, 3.63) is 125 Å². The molecule has 0 atom stereocenters. The number of phenolic OH excluding ortho intramolecular Hbond substituents is 3. The van der Waals surface area contributed by atoms with Gasteiger partial charge in [0, 0.05) is 33.3 Å². The number of fused-ring (bicyclic) bond motifs is 2. The zero-order chi connectivity index (χ0) is 29.5. The van der Waals surface area contributed by atoms with E-state index in [0.29, 0.717) is 22.2 Å². The highest BCUT2D eigenvalue weighted by atomic mass is 16.3. The van der Waals surface area contributed by atoms with Crippen LogP contribution in [0.4, 0.5) is 0 Å². The van der Waals surface area contributed by atoms with Crippen molar-refractivity contribution >= 4 is 28.1 Å². The van der Waals surface area contributed by atoms with E-state index >= 15 is 0 Å². The summed E-state index contributed by atoms with van der Waals surface area (Å²) < 4.78 is 0. The van der Waals surface area contributed by atoms with E-state index in [1.165, 1.54) is 0 Å². The van der Waals surface area contributed by atoms with Gasteiger partial charge in [0.1, 0.15) is 28.3 Å². The monoisotopic (exact) mass is 544 g/mol. The number of aldehydes is 1. The lowest BCUT2D eigenvalue weighted by Crippen LogP contribution is -1.87. The van der Waals surface area contributed by atoms with Crippen molar-refractivity contribution in [3.8, 4) is 28.4 Å². The van der Waals surface area contributed by atoms with Crippen molar-refractivity contribution < 1.29 is 20.1 Å². The molecule has 0 aliphatic heterocycles. The van der Waals surface area contributed by atoms with Crippen LogP contribution in [-0.2, 0) is 0 Å². The Hall–Kier alpha value is -5.23. The molecule has 0 saturated heterocycles. The topological polar surface area (TPSA) is 104 Å². The number of phenols is 3. The molecule has 0 bridgehead atoms. The number of pyridine rings is 2. The fraction of sp³-hybridized carbons (Fsp3) is 0.114. The molecule has 0 unspecified atom stereocenters. The lowest BCUT2D eigenvalue weighted by Gasteiger charge is -2.06. The van der Waals surface area contributed by atoms with Crippen LogP contribution >= 0.6 is 0 Å². The molecule has 6 aromatic rings. The summed E-state index contributed by atoms with van der Waals surface area (Å²) in [6, 6.07) is 29.2. The van der Waals surface area contributed by atoms with Gasteiger partial charge in [-0.05, 0) is 74.7 Å². The fourth-order valence-corrected chi connectivity index (χ4v) is 4.71. The van der Waals surface area contributed by atoms with E-state index in [4.69, 9.17) is 0 Å². The maximum absolute atomic E-state index is 10.8. The molecule has 3 N–H and O–H groups in total. The third kappa shape index (κ3) is 6.68. The second-order valence-electron chi connectivity index (χ2n) is 9.73. The Morgan fingerprint density at radius 1 is 0.561 bits per heavy atom. The maximum Gasteiger partial charge on any atom is 0.150 e. The number of carbonyl (C=O) groups is 1. The van der Waals surface area contributed by atoms with Crippen molar-refractivity contribution in [2.75, 3.05) is 0 Å². The van der Waals surface area contributed by atoms with Crippen LogP contribution in [0.2, 0.25) is 0 Å². The minimum atomic E-state index is 0.130. The molecule has 0 aliphatic rings. The van der Waals surface area contributed by atoms with E-state index in [-0.39, 0.29) is 17.2 Å². The summed E-state index contributed by atoms with van der Waals surface area (Å²) in [6.07, 6.45) is 0.752. The molecule has 0 radical (unpaired) electrons. The molecular weight excluding hydrogens is 512 g/mol. The second-order valence-corrected chi connectivity index (χ2v) is 9.73. The highest BCUT2D eigenvalue weighted by Gasteiger charge is 2.08. The lowest BCUT2D eigenvalue weighted by molar-refractivity contribution is 0.112. The minimum Gasteiger partial charge on any atom is -0.507 e. The Morgan fingerprint density at radius 2 is 1.02 bits per heavy atom. The smallest absolute Gasteiger partial charge is 0.150 e. The third-order valence-electron chi connectivity index (χ3n) is 6.57. The number of para-hydroxylation sites is 2. The van der Waals surface area contributed by atoms with Gasteiger partial charge >= 0.3 is 0 Å². The quantitative estimate of drug-likeness (QED) is 0.191. The van der Waals surface area contributed by atoms with Crippen molar-refractivity contribution in [1.29, 1.82) is 0 Å². The summed E-state index contributed by atoms with van der Waals surface area (Å²) in [4.78, 5) is 19.4. The number of benzene rings is 4. The molecular formula is C35H32N2O4. The van der Waals surface area contributed by atoms with E-state index in [0.717, 1.165) is 45.1 Å². The number of carbonyl (C=O) groups excluding carboxylic acids is 1. The SMILES string of the molecule is Cc1cc(C)c2cccc(O)c2n1.Cc1cc(C)c2cccc(O)c2n1.O=Cc1cccc(O)c1-c1ccccc1. The molecule has 2 heterocycles. The van der Waals surface area contributed by atoms with Crippen LogP contribution in [0.3, 0.4) is 0 Å². The Morgan fingerprint density at radius 3 is 1.51 bits per heavy atom. The fourth-order valence-electron chi connectivity index (χ4n) is 4.71. The van der Waals surface area contributed by atoms with E-state index in [1.807, 2.05) is 94.4 Å². The van der Waals surface area contributed by atoms with Crippen molar-refractivity contribution in [2.24, 2.45) is 0 Å². The standard InChI is InChI=1S/C13H10O2.2C11H11NO/c14-9-11-7-4-8-12(15)13(11)10-5-2-1-3-6-10;2*1-7-6-8(2)12-11-9(7)4-3-5-10(11)13/h1-9,15H;2*3-6,13H,1-2H3. The first-order valence-corrected chi connectivity index (χ1v) is 13.1. The Balaban J connectivity index is 0.000000142. The highest BCUT2D eigenvalue weighted by Crippen LogP contribution is 2.31. The van der Waals surface area contributed by atoms with Gasteiger partial charge in [-0.1, -0.05) is 66.7 Å². The van der Waals surface area contributed by atoms with E-state index in [9.17, 15) is 20.1 Å². The highest BCUT2D eigenvalue weighted by molar-refractivity contribution is 5.90. The van der Waals surface area contributed by atoms with Crippen LogP contribution in [0.1, 0.15) is 32.9 Å². The summed E-state index contributed by atoms with van der Waals surface area (Å²) in [7, 11) is 0. The molecule has 0 fully saturated rings. The summed E-state index contributed by atoms with van der Waals surface area (Å²) in [5.74, 6) is 0.638. The van der Waals surface area contributed by atoms with Crippen LogP contribution in [0.5, 0.6) is 17.2 Å². The number of nitrogens with zero attached hydrogens (tertiary/aromatic N) is 2. The molecule has 6 rings (SSSR count). The normalized spacial score (nSPS) is 10.3. The van der Waals surface area contributed by atoms with Crippen LogP contribution in [-0.4, -0.2) is 31.6 Å². The number of aromatic hydroxyl groups is 3. The predicted molar refractivity (Wildman–Crippen MR) is 165 cm³/mol. The van der Waals surface area contributed by atoms with Gasteiger partial charge in [-0.25, -0.2) is 9.97 Å². The summed E-state index contributed by atoms with van der Waals surface area (Å²) >= 11 is 0. The Bertz CT molecular complexity index is 1740. The third-order valence-corrected chi connectivity index (χ3v) is 6.57. The summed E-state index contributed by atoms with van der Waals surface area (Å²) in [5.41, 5.74) is 7.50. The molecule has 2 aromatic heterocycles. The first-order chi connectivity index (χ1) is 19.7. The number of hydrogen-bond donors (Lipinski definition) is 3. The van der Waals surface area contributed by atoms with Crippen LogP contribution in [0, 0.1) is 27.7 Å². The van der Waals surface area contributed by atoms with Gasteiger partial charge in [0.2, 0.25) is 0 Å². The molecule has 0 amide bonds. The second kappa shape index (κ2) is 12.7.